The Morgan fingerprint density at radius 3 is 2.68 bits per heavy atom. The van der Waals surface area contributed by atoms with Crippen molar-refractivity contribution in [3.05, 3.63) is 42.1 Å². The highest BCUT2D eigenvalue weighted by atomic mass is 32.2. The van der Waals surface area contributed by atoms with Gasteiger partial charge in [-0.1, -0.05) is 20.8 Å². The van der Waals surface area contributed by atoms with Gasteiger partial charge in [-0.3, -0.25) is 9.89 Å². The van der Waals surface area contributed by atoms with Crippen LogP contribution >= 0.6 is 11.8 Å². The number of aryl methyl sites for hydroxylation is 1. The molecule has 2 aromatic heterocycles. The Labute approximate surface area is 204 Å². The van der Waals surface area contributed by atoms with Crippen LogP contribution in [0.1, 0.15) is 39.3 Å². The van der Waals surface area contributed by atoms with Crippen molar-refractivity contribution in [2.45, 2.75) is 62.7 Å². The molecule has 1 aliphatic rings. The van der Waals surface area contributed by atoms with Gasteiger partial charge in [0.2, 0.25) is 5.91 Å². The Bertz CT molecular complexity index is 1110. The number of hydrogen-bond donors (Lipinski definition) is 4. The van der Waals surface area contributed by atoms with Crippen LogP contribution in [0.2, 0.25) is 0 Å². The summed E-state index contributed by atoms with van der Waals surface area (Å²) in [6, 6.07) is 12.5. The summed E-state index contributed by atoms with van der Waals surface area (Å²) in [6.07, 6.45) is 1.53. The smallest absolute Gasteiger partial charge is 0.224 e. The van der Waals surface area contributed by atoms with E-state index in [0.29, 0.717) is 29.5 Å². The van der Waals surface area contributed by atoms with Gasteiger partial charge in [-0.25, -0.2) is 9.97 Å². The van der Waals surface area contributed by atoms with Gasteiger partial charge in [-0.05, 0) is 49.4 Å². The minimum absolute atomic E-state index is 0.00312. The quantitative estimate of drug-likeness (QED) is 0.335. The van der Waals surface area contributed by atoms with Crippen LogP contribution in [0.5, 0.6) is 0 Å². The molecule has 0 saturated carbocycles. The molecule has 34 heavy (non-hydrogen) atoms. The van der Waals surface area contributed by atoms with E-state index in [-0.39, 0.29) is 5.91 Å². The van der Waals surface area contributed by atoms with Crippen molar-refractivity contribution in [2.24, 2.45) is 0 Å². The fourth-order valence-electron chi connectivity index (χ4n) is 3.83. The van der Waals surface area contributed by atoms with Gasteiger partial charge in [0.15, 0.2) is 11.0 Å². The van der Waals surface area contributed by atoms with Gasteiger partial charge < -0.3 is 20.9 Å². The minimum Gasteiger partial charge on any atom is -0.355 e. The van der Waals surface area contributed by atoms with Crippen LogP contribution < -0.4 is 20.9 Å². The molecular formula is C24H32N8OS. The predicted octanol–water partition coefficient (Wildman–Crippen LogP) is 4.33. The lowest BCUT2D eigenvalue weighted by atomic mass is 10.2. The van der Waals surface area contributed by atoms with Crippen molar-refractivity contribution in [1.82, 2.24) is 25.5 Å². The predicted molar refractivity (Wildman–Crippen MR) is 137 cm³/mol. The van der Waals surface area contributed by atoms with Crippen LogP contribution in [0.3, 0.4) is 0 Å². The Balaban J connectivity index is 1.55. The minimum atomic E-state index is -0.00312. The Hall–Kier alpha value is -3.11. The second-order valence-electron chi connectivity index (χ2n) is 8.74. The number of carbonyl (C=O) groups excluding carboxylic acids is 1. The fourth-order valence-corrected chi connectivity index (χ4v) is 4.60. The van der Waals surface area contributed by atoms with Crippen molar-refractivity contribution in [2.75, 3.05) is 28.6 Å². The molecule has 1 aliphatic heterocycles. The summed E-state index contributed by atoms with van der Waals surface area (Å²) in [7, 11) is 0. The molecule has 0 spiro atoms. The topological polar surface area (TPSA) is 111 Å². The van der Waals surface area contributed by atoms with E-state index in [1.165, 1.54) is 11.8 Å². The zero-order valence-electron chi connectivity index (χ0n) is 20.1. The Morgan fingerprint density at radius 1 is 1.21 bits per heavy atom. The van der Waals surface area contributed by atoms with E-state index < -0.39 is 0 Å². The van der Waals surface area contributed by atoms with Gasteiger partial charge in [0.1, 0.15) is 11.6 Å². The van der Waals surface area contributed by atoms with Crippen LogP contribution in [-0.2, 0) is 4.79 Å². The van der Waals surface area contributed by atoms with Crippen molar-refractivity contribution in [1.29, 1.82) is 0 Å². The summed E-state index contributed by atoms with van der Waals surface area (Å²) < 4.78 is 0. The second kappa shape index (κ2) is 10.9. The van der Waals surface area contributed by atoms with E-state index in [4.69, 9.17) is 9.97 Å². The van der Waals surface area contributed by atoms with Crippen LogP contribution in [0.25, 0.3) is 0 Å². The van der Waals surface area contributed by atoms with Gasteiger partial charge >= 0.3 is 0 Å². The first-order valence-corrected chi connectivity index (χ1v) is 12.5. The molecule has 1 saturated heterocycles. The molecule has 0 radical (unpaired) electrons. The first kappa shape index (κ1) is 24.0. The highest BCUT2D eigenvalue weighted by molar-refractivity contribution is 7.99. The number of nitrogens with zero attached hydrogens (tertiary/aromatic N) is 4. The molecular weight excluding hydrogens is 448 g/mol. The van der Waals surface area contributed by atoms with E-state index in [0.717, 1.165) is 47.4 Å². The number of aromatic amines is 1. The monoisotopic (exact) mass is 480 g/mol. The highest BCUT2D eigenvalue weighted by Crippen LogP contribution is 2.31. The molecule has 3 heterocycles. The van der Waals surface area contributed by atoms with Gasteiger partial charge in [0.05, 0.1) is 0 Å². The number of rotatable bonds is 9. The molecule has 1 atom stereocenters. The third-order valence-corrected chi connectivity index (χ3v) is 6.28. The first-order chi connectivity index (χ1) is 16.4. The molecule has 1 aromatic carbocycles. The second-order valence-corrected chi connectivity index (χ2v) is 9.78. The number of hydrogen-bond acceptors (Lipinski definition) is 8. The molecule has 0 unspecified atom stereocenters. The third-order valence-electron chi connectivity index (χ3n) is 5.40. The molecule has 9 nitrogen and oxygen atoms in total. The van der Waals surface area contributed by atoms with Crippen molar-refractivity contribution in [3.8, 4) is 0 Å². The zero-order valence-corrected chi connectivity index (χ0v) is 20.9. The standard InChI is InChI=1S/C24H32N8OS/c1-5-23(33)26-17-6-8-19(9-7-17)34-24-28-20(27-21-12-16(4)30-31-21)13-22(29-24)32-11-10-18(14-32)25-15(2)3/h6-9,12-13,15,18,25H,5,10-11,14H2,1-4H3,(H,26,33)(H2,27,28,29,30,31)/t18-/m0/s1. The number of aromatic nitrogens is 4. The molecule has 1 amide bonds. The lowest BCUT2D eigenvalue weighted by molar-refractivity contribution is -0.115. The largest absolute Gasteiger partial charge is 0.355 e. The molecule has 0 bridgehead atoms. The highest BCUT2D eigenvalue weighted by Gasteiger charge is 2.25. The summed E-state index contributed by atoms with van der Waals surface area (Å²) in [5.41, 5.74) is 1.76. The van der Waals surface area contributed by atoms with E-state index >= 15 is 0 Å². The Kier molecular flexibility index (Phi) is 7.69. The third kappa shape index (κ3) is 6.48. The van der Waals surface area contributed by atoms with Crippen molar-refractivity contribution >= 4 is 40.8 Å². The molecule has 0 aliphatic carbocycles. The molecule has 4 N–H and O–H groups in total. The van der Waals surface area contributed by atoms with Crippen molar-refractivity contribution < 1.29 is 4.79 Å². The van der Waals surface area contributed by atoms with Crippen LogP contribution in [0.4, 0.5) is 23.1 Å². The molecule has 4 rings (SSSR count). The summed E-state index contributed by atoms with van der Waals surface area (Å²) in [4.78, 5) is 24.5. The summed E-state index contributed by atoms with van der Waals surface area (Å²) in [5.74, 6) is 2.31. The average Bonchev–Trinajstić information content (AvgIpc) is 3.43. The summed E-state index contributed by atoms with van der Waals surface area (Å²) in [6.45, 7) is 10.00. The number of carbonyl (C=O) groups is 1. The number of benzene rings is 1. The lowest BCUT2D eigenvalue weighted by Crippen LogP contribution is -2.37. The van der Waals surface area contributed by atoms with E-state index in [1.54, 1.807) is 0 Å². The van der Waals surface area contributed by atoms with Crippen LogP contribution in [0, 0.1) is 6.92 Å². The number of H-pyrrole nitrogens is 1. The lowest BCUT2D eigenvalue weighted by Gasteiger charge is -2.20. The molecule has 3 aromatic rings. The molecule has 180 valence electrons. The number of nitrogens with one attached hydrogen (secondary N) is 4. The number of amides is 1. The maximum Gasteiger partial charge on any atom is 0.224 e. The van der Waals surface area contributed by atoms with Gasteiger partial charge in [0, 0.05) is 60.0 Å². The molecule has 1 fully saturated rings. The van der Waals surface area contributed by atoms with Crippen molar-refractivity contribution in [3.63, 3.8) is 0 Å². The fraction of sp³-hybridized carbons (Fsp3) is 0.417. The van der Waals surface area contributed by atoms with Crippen LogP contribution in [0.15, 0.2) is 46.5 Å². The SMILES string of the molecule is CCC(=O)Nc1ccc(Sc2nc(Nc3cc(C)[nH]n3)cc(N3CC[C@H](NC(C)C)C3)n2)cc1. The van der Waals surface area contributed by atoms with Crippen LogP contribution in [-0.4, -0.2) is 51.2 Å². The van der Waals surface area contributed by atoms with E-state index in [9.17, 15) is 4.79 Å². The summed E-state index contributed by atoms with van der Waals surface area (Å²) >= 11 is 1.49. The first-order valence-electron chi connectivity index (χ1n) is 11.6. The van der Waals surface area contributed by atoms with Gasteiger partial charge in [0.25, 0.3) is 0 Å². The summed E-state index contributed by atoms with van der Waals surface area (Å²) in [5, 5.41) is 17.7. The van der Waals surface area contributed by atoms with E-state index in [2.05, 4.69) is 44.9 Å². The Morgan fingerprint density at radius 2 is 2.00 bits per heavy atom. The molecule has 10 heteroatoms. The average molecular weight is 481 g/mol. The van der Waals surface area contributed by atoms with Gasteiger partial charge in [-0.15, -0.1) is 0 Å². The maximum absolute atomic E-state index is 11.6. The normalized spacial score (nSPS) is 15.7. The van der Waals surface area contributed by atoms with E-state index in [1.807, 2.05) is 50.2 Å². The zero-order chi connectivity index (χ0) is 24.1. The maximum atomic E-state index is 11.6. The van der Waals surface area contributed by atoms with Gasteiger partial charge in [-0.2, -0.15) is 5.10 Å². The number of anilines is 4.